The van der Waals surface area contributed by atoms with Gasteiger partial charge in [-0.05, 0) is 19.8 Å². The Kier molecular flexibility index (Phi) is 5.31. The molecule has 0 saturated carbocycles. The number of aliphatic carboxylic acids is 1. The molecule has 1 fully saturated rings. The van der Waals surface area contributed by atoms with Crippen molar-refractivity contribution in [1.82, 2.24) is 15.5 Å². The first-order valence-electron chi connectivity index (χ1n) is 6.76. The first-order valence-corrected chi connectivity index (χ1v) is 6.76. The summed E-state index contributed by atoms with van der Waals surface area (Å²) < 4.78 is 0. The molecule has 6 heteroatoms. The largest absolute Gasteiger partial charge is 0.480 e. The molecule has 0 aliphatic carbocycles. The van der Waals surface area contributed by atoms with Gasteiger partial charge in [0.05, 0.1) is 5.54 Å². The summed E-state index contributed by atoms with van der Waals surface area (Å²) in [4.78, 5) is 25.6. The van der Waals surface area contributed by atoms with Crippen LogP contribution in [0.15, 0.2) is 0 Å². The van der Waals surface area contributed by atoms with E-state index in [-0.39, 0.29) is 11.8 Å². The van der Waals surface area contributed by atoms with Crippen LogP contribution in [0.1, 0.15) is 27.7 Å². The lowest BCUT2D eigenvalue weighted by molar-refractivity contribution is -0.145. The van der Waals surface area contributed by atoms with Gasteiger partial charge in [0, 0.05) is 26.2 Å². The Morgan fingerprint density at radius 3 is 2.21 bits per heavy atom. The highest BCUT2D eigenvalue weighted by Crippen LogP contribution is 2.16. The average Bonchev–Trinajstić information content (AvgIpc) is 2.35. The fraction of sp³-hybridized carbons (Fsp3) is 0.846. The van der Waals surface area contributed by atoms with Crippen LogP contribution in [-0.4, -0.2) is 59.6 Å². The molecule has 3 N–H and O–H groups in total. The molecule has 1 unspecified atom stereocenters. The number of nitrogens with zero attached hydrogens (tertiary/aromatic N) is 1. The van der Waals surface area contributed by atoms with Gasteiger partial charge in [0.25, 0.3) is 0 Å². The van der Waals surface area contributed by atoms with Crippen molar-refractivity contribution < 1.29 is 14.7 Å². The van der Waals surface area contributed by atoms with Crippen molar-refractivity contribution in [3.8, 4) is 0 Å². The fourth-order valence-corrected chi connectivity index (χ4v) is 2.20. The highest BCUT2D eigenvalue weighted by Gasteiger charge is 2.37. The molecule has 0 radical (unpaired) electrons. The monoisotopic (exact) mass is 271 g/mol. The molecular formula is C13H25N3O3. The van der Waals surface area contributed by atoms with E-state index in [9.17, 15) is 9.59 Å². The van der Waals surface area contributed by atoms with Gasteiger partial charge in [-0.15, -0.1) is 0 Å². The smallest absolute Gasteiger partial charge is 0.326 e. The van der Waals surface area contributed by atoms with E-state index in [1.807, 2.05) is 13.8 Å². The van der Waals surface area contributed by atoms with Crippen LogP contribution in [0.3, 0.4) is 0 Å². The predicted molar refractivity (Wildman–Crippen MR) is 72.9 cm³/mol. The molecule has 1 saturated heterocycles. The predicted octanol–water partition coefficient (Wildman–Crippen LogP) is -0.104. The van der Waals surface area contributed by atoms with Crippen molar-refractivity contribution in [2.75, 3.05) is 26.2 Å². The Labute approximate surface area is 114 Å². The summed E-state index contributed by atoms with van der Waals surface area (Å²) in [6, 6.07) is -0.838. The maximum atomic E-state index is 12.3. The lowest BCUT2D eigenvalue weighted by Crippen LogP contribution is -2.62. The third-order valence-electron chi connectivity index (χ3n) is 3.68. The normalized spacial score (nSPS) is 19.2. The van der Waals surface area contributed by atoms with Gasteiger partial charge >= 0.3 is 5.97 Å². The minimum atomic E-state index is -0.987. The molecule has 0 aromatic rings. The molecule has 0 aromatic heterocycles. The number of hydrogen-bond acceptors (Lipinski definition) is 4. The molecular weight excluding hydrogens is 246 g/mol. The second-order valence-corrected chi connectivity index (χ2v) is 5.83. The van der Waals surface area contributed by atoms with Crippen molar-refractivity contribution in [3.63, 3.8) is 0 Å². The van der Waals surface area contributed by atoms with E-state index in [1.165, 1.54) is 0 Å². The number of piperazine rings is 1. The number of rotatable bonds is 5. The van der Waals surface area contributed by atoms with E-state index in [4.69, 9.17) is 5.11 Å². The first kappa shape index (κ1) is 15.9. The van der Waals surface area contributed by atoms with Crippen molar-refractivity contribution in [2.45, 2.75) is 39.3 Å². The van der Waals surface area contributed by atoms with Gasteiger partial charge in [-0.3, -0.25) is 9.69 Å². The number of amides is 1. The van der Waals surface area contributed by atoms with Gasteiger partial charge in [-0.25, -0.2) is 4.79 Å². The average molecular weight is 271 g/mol. The van der Waals surface area contributed by atoms with Gasteiger partial charge in [0.1, 0.15) is 6.04 Å². The van der Waals surface area contributed by atoms with Gasteiger partial charge in [-0.1, -0.05) is 13.8 Å². The van der Waals surface area contributed by atoms with Crippen LogP contribution in [0.5, 0.6) is 0 Å². The molecule has 110 valence electrons. The Morgan fingerprint density at radius 1 is 1.26 bits per heavy atom. The van der Waals surface area contributed by atoms with Gasteiger partial charge in [0.2, 0.25) is 5.91 Å². The van der Waals surface area contributed by atoms with Gasteiger partial charge in [0.15, 0.2) is 0 Å². The zero-order chi connectivity index (χ0) is 14.6. The topological polar surface area (TPSA) is 81.7 Å². The van der Waals surface area contributed by atoms with Crippen LogP contribution in [-0.2, 0) is 9.59 Å². The molecule has 1 aliphatic heterocycles. The maximum absolute atomic E-state index is 12.3. The molecule has 1 heterocycles. The van der Waals surface area contributed by atoms with E-state index >= 15 is 0 Å². The summed E-state index contributed by atoms with van der Waals surface area (Å²) in [7, 11) is 0. The number of carbonyl (C=O) groups is 2. The molecule has 1 amide bonds. The third-order valence-corrected chi connectivity index (χ3v) is 3.68. The van der Waals surface area contributed by atoms with Crippen molar-refractivity contribution in [3.05, 3.63) is 0 Å². The minimum absolute atomic E-state index is 0.139. The molecule has 6 nitrogen and oxygen atoms in total. The highest BCUT2D eigenvalue weighted by molar-refractivity contribution is 5.89. The Bertz CT molecular complexity index is 336. The SMILES string of the molecule is CC(C)C(NC(=O)C(C)(C)N1CCNCC1)C(=O)O. The zero-order valence-electron chi connectivity index (χ0n) is 12.2. The standard InChI is InChI=1S/C13H25N3O3/c1-9(2)10(11(17)18)15-12(19)13(3,4)16-7-5-14-6-8-16/h9-10,14H,5-8H2,1-4H3,(H,15,19)(H,17,18). The molecule has 1 aliphatic rings. The number of nitrogens with one attached hydrogen (secondary N) is 2. The van der Waals surface area contributed by atoms with Crippen LogP contribution in [0.25, 0.3) is 0 Å². The van der Waals surface area contributed by atoms with Gasteiger partial charge < -0.3 is 15.7 Å². The lowest BCUT2D eigenvalue weighted by atomic mass is 9.97. The summed E-state index contributed by atoms with van der Waals surface area (Å²) in [5, 5.41) is 15.0. The van der Waals surface area contributed by atoms with E-state index in [1.54, 1.807) is 13.8 Å². The third kappa shape index (κ3) is 3.91. The molecule has 0 aromatic carbocycles. The summed E-state index contributed by atoms with van der Waals surface area (Å²) in [5.74, 6) is -1.35. The fourth-order valence-electron chi connectivity index (χ4n) is 2.20. The quantitative estimate of drug-likeness (QED) is 0.650. The molecule has 1 atom stereocenters. The minimum Gasteiger partial charge on any atom is -0.480 e. The summed E-state index contributed by atoms with van der Waals surface area (Å²) >= 11 is 0. The highest BCUT2D eigenvalue weighted by atomic mass is 16.4. The molecule has 19 heavy (non-hydrogen) atoms. The van der Waals surface area contributed by atoms with Crippen LogP contribution in [0, 0.1) is 5.92 Å². The molecule has 0 bridgehead atoms. The number of carboxylic acids is 1. The second kappa shape index (κ2) is 6.34. The van der Waals surface area contributed by atoms with E-state index in [0.717, 1.165) is 26.2 Å². The summed E-state index contributed by atoms with van der Waals surface area (Å²) in [6.45, 7) is 10.5. The van der Waals surface area contributed by atoms with Crippen LogP contribution < -0.4 is 10.6 Å². The number of carboxylic acid groups (broad SMARTS) is 1. The van der Waals surface area contributed by atoms with Crippen LogP contribution >= 0.6 is 0 Å². The lowest BCUT2D eigenvalue weighted by Gasteiger charge is -2.40. The van der Waals surface area contributed by atoms with Crippen molar-refractivity contribution in [1.29, 1.82) is 0 Å². The Hall–Kier alpha value is -1.14. The number of hydrogen-bond donors (Lipinski definition) is 3. The van der Waals surface area contributed by atoms with E-state index in [0.29, 0.717) is 0 Å². The van der Waals surface area contributed by atoms with E-state index < -0.39 is 17.6 Å². The van der Waals surface area contributed by atoms with E-state index in [2.05, 4.69) is 15.5 Å². The first-order chi connectivity index (χ1) is 8.76. The molecule has 1 rings (SSSR count). The second-order valence-electron chi connectivity index (χ2n) is 5.83. The summed E-state index contributed by atoms with van der Waals surface area (Å²) in [6.07, 6.45) is 0. The van der Waals surface area contributed by atoms with Gasteiger partial charge in [-0.2, -0.15) is 0 Å². The Balaban J connectivity index is 2.71. The van der Waals surface area contributed by atoms with Crippen LogP contribution in [0.2, 0.25) is 0 Å². The van der Waals surface area contributed by atoms with Crippen molar-refractivity contribution >= 4 is 11.9 Å². The van der Waals surface area contributed by atoms with Crippen molar-refractivity contribution in [2.24, 2.45) is 5.92 Å². The maximum Gasteiger partial charge on any atom is 0.326 e. The summed E-state index contributed by atoms with van der Waals surface area (Å²) in [5.41, 5.74) is -0.690. The zero-order valence-corrected chi connectivity index (χ0v) is 12.2. The Morgan fingerprint density at radius 2 is 1.79 bits per heavy atom. The number of carbonyl (C=O) groups excluding carboxylic acids is 1. The molecule has 0 spiro atoms. The van der Waals surface area contributed by atoms with Crippen LogP contribution in [0.4, 0.5) is 0 Å².